The zero-order chi connectivity index (χ0) is 19.6. The van der Waals surface area contributed by atoms with Crippen LogP contribution in [-0.4, -0.2) is 11.8 Å². The normalized spacial score (nSPS) is 13.5. The molecule has 0 aliphatic rings. The number of primary amides is 2. The Hall–Kier alpha value is -3.15. The van der Waals surface area contributed by atoms with Crippen molar-refractivity contribution in [2.75, 3.05) is 0 Å². The topological polar surface area (TPSA) is 116 Å². The molecule has 2 unspecified atom stereocenters. The second kappa shape index (κ2) is 7.61. The van der Waals surface area contributed by atoms with Crippen molar-refractivity contribution >= 4 is 33.8 Å². The minimum absolute atomic E-state index is 0.0810. The Morgan fingerprint density at radius 3 is 2.41 bits per heavy atom. The van der Waals surface area contributed by atoms with Crippen molar-refractivity contribution in [3.05, 3.63) is 58.3 Å². The minimum Gasteiger partial charge on any atom is -0.456 e. The lowest BCUT2D eigenvalue weighted by atomic mass is 9.89. The van der Waals surface area contributed by atoms with Crippen molar-refractivity contribution in [3.8, 4) is 0 Å². The average molecular weight is 366 g/mol. The van der Waals surface area contributed by atoms with E-state index in [0.717, 1.165) is 5.56 Å². The van der Waals surface area contributed by atoms with Crippen molar-refractivity contribution in [3.63, 3.8) is 0 Å². The van der Waals surface area contributed by atoms with E-state index in [0.29, 0.717) is 41.2 Å². The third kappa shape index (κ3) is 4.00. The van der Waals surface area contributed by atoms with E-state index in [1.807, 2.05) is 12.1 Å². The Bertz CT molecular complexity index is 1070. The van der Waals surface area contributed by atoms with E-state index in [1.165, 1.54) is 0 Å². The quantitative estimate of drug-likeness (QED) is 0.625. The van der Waals surface area contributed by atoms with Crippen LogP contribution in [0.3, 0.4) is 0 Å². The average Bonchev–Trinajstić information content (AvgIpc) is 2.65. The molecule has 6 heteroatoms. The molecule has 0 fully saturated rings. The molecule has 0 aliphatic heterocycles. The van der Waals surface area contributed by atoms with E-state index >= 15 is 0 Å². The molecule has 1 aromatic heterocycles. The van der Waals surface area contributed by atoms with Gasteiger partial charge in [-0.2, -0.15) is 0 Å². The van der Waals surface area contributed by atoms with E-state index < -0.39 is 23.7 Å². The van der Waals surface area contributed by atoms with Gasteiger partial charge in [-0.3, -0.25) is 14.4 Å². The molecular formula is C21H22N2O4. The molecule has 2 aromatic carbocycles. The van der Waals surface area contributed by atoms with Crippen LogP contribution in [0.25, 0.3) is 21.9 Å². The molecular weight excluding hydrogens is 344 g/mol. The largest absolute Gasteiger partial charge is 0.456 e. The summed E-state index contributed by atoms with van der Waals surface area (Å²) in [6, 6.07) is 12.6. The van der Waals surface area contributed by atoms with Crippen molar-refractivity contribution in [2.45, 2.75) is 26.2 Å². The minimum atomic E-state index is -0.450. The van der Waals surface area contributed by atoms with Gasteiger partial charge in [-0.15, -0.1) is 0 Å². The van der Waals surface area contributed by atoms with Crippen molar-refractivity contribution in [1.29, 1.82) is 0 Å². The highest BCUT2D eigenvalue weighted by Crippen LogP contribution is 2.22. The van der Waals surface area contributed by atoms with Crippen LogP contribution in [0.5, 0.6) is 0 Å². The molecule has 2 atom stereocenters. The molecule has 140 valence electrons. The lowest BCUT2D eigenvalue weighted by molar-refractivity contribution is -0.124. The predicted octanol–water partition coefficient (Wildman–Crippen LogP) is 2.49. The molecule has 0 radical (unpaired) electrons. The zero-order valence-corrected chi connectivity index (χ0v) is 15.1. The van der Waals surface area contributed by atoms with Gasteiger partial charge in [0.2, 0.25) is 17.2 Å². The van der Waals surface area contributed by atoms with E-state index in [9.17, 15) is 14.4 Å². The summed E-state index contributed by atoms with van der Waals surface area (Å²) < 4.78 is 5.80. The van der Waals surface area contributed by atoms with Crippen LogP contribution >= 0.6 is 0 Å². The number of aryl methyl sites for hydroxylation is 1. The lowest BCUT2D eigenvalue weighted by Crippen LogP contribution is -2.30. The van der Waals surface area contributed by atoms with Gasteiger partial charge in [0.15, 0.2) is 0 Å². The van der Waals surface area contributed by atoms with Gasteiger partial charge in [-0.05, 0) is 49.1 Å². The summed E-state index contributed by atoms with van der Waals surface area (Å²) in [5, 5.41) is 1.04. The van der Waals surface area contributed by atoms with Crippen LogP contribution in [0.2, 0.25) is 0 Å². The second-order valence-corrected chi connectivity index (χ2v) is 6.93. The highest BCUT2D eigenvalue weighted by Gasteiger charge is 2.21. The first-order valence-electron chi connectivity index (χ1n) is 8.90. The molecule has 4 N–H and O–H groups in total. The number of hydrogen-bond donors (Lipinski definition) is 2. The highest BCUT2D eigenvalue weighted by molar-refractivity contribution is 5.89. The van der Waals surface area contributed by atoms with Crippen LogP contribution < -0.4 is 16.9 Å². The second-order valence-electron chi connectivity index (χ2n) is 6.93. The maximum absolute atomic E-state index is 12.7. The maximum Gasteiger partial charge on any atom is 0.220 e. The Morgan fingerprint density at radius 1 is 1.00 bits per heavy atom. The number of carbonyl (C=O) groups is 2. The van der Waals surface area contributed by atoms with E-state index in [1.54, 1.807) is 37.3 Å². The van der Waals surface area contributed by atoms with Crippen molar-refractivity contribution in [2.24, 2.45) is 23.3 Å². The van der Waals surface area contributed by atoms with Gasteiger partial charge in [-0.25, -0.2) is 0 Å². The molecule has 1 heterocycles. The van der Waals surface area contributed by atoms with Gasteiger partial charge in [0.05, 0.1) is 10.8 Å². The SMILES string of the molecule is CC(CC(CCc1ccc2oc3ccccc3c(=O)c2c1)C(N)=O)C(N)=O. The summed E-state index contributed by atoms with van der Waals surface area (Å²) in [6.45, 7) is 1.69. The number of rotatable bonds is 7. The summed E-state index contributed by atoms with van der Waals surface area (Å²) in [7, 11) is 0. The fourth-order valence-electron chi connectivity index (χ4n) is 3.27. The van der Waals surface area contributed by atoms with Crippen LogP contribution in [0.1, 0.15) is 25.3 Å². The molecule has 0 spiro atoms. The van der Waals surface area contributed by atoms with Crippen LogP contribution in [0, 0.1) is 11.8 Å². The molecule has 3 aromatic rings. The predicted molar refractivity (Wildman–Crippen MR) is 104 cm³/mol. The number of amides is 2. The van der Waals surface area contributed by atoms with Gasteiger partial charge in [-0.1, -0.05) is 25.1 Å². The fourth-order valence-corrected chi connectivity index (χ4v) is 3.27. The number of benzene rings is 2. The number of nitrogens with two attached hydrogens (primary N) is 2. The maximum atomic E-state index is 12.7. The number of hydrogen-bond acceptors (Lipinski definition) is 4. The van der Waals surface area contributed by atoms with Crippen molar-refractivity contribution < 1.29 is 14.0 Å². The first kappa shape index (κ1) is 18.6. The number of fused-ring (bicyclic) bond motifs is 2. The molecule has 0 saturated heterocycles. The third-order valence-corrected chi connectivity index (χ3v) is 4.95. The molecule has 2 amide bonds. The lowest BCUT2D eigenvalue weighted by Gasteiger charge is -2.16. The van der Waals surface area contributed by atoms with Crippen LogP contribution in [0.15, 0.2) is 51.7 Å². The zero-order valence-electron chi connectivity index (χ0n) is 15.1. The first-order chi connectivity index (χ1) is 12.9. The van der Waals surface area contributed by atoms with Gasteiger partial charge in [0.1, 0.15) is 11.2 Å². The summed E-state index contributed by atoms with van der Waals surface area (Å²) in [6.07, 6.45) is 1.36. The van der Waals surface area contributed by atoms with Gasteiger partial charge < -0.3 is 15.9 Å². The van der Waals surface area contributed by atoms with E-state index in [2.05, 4.69) is 0 Å². The molecule has 27 heavy (non-hydrogen) atoms. The molecule has 0 saturated carbocycles. The summed E-state index contributed by atoms with van der Waals surface area (Å²) in [4.78, 5) is 35.7. The summed E-state index contributed by atoms with van der Waals surface area (Å²) in [5.74, 6) is -1.76. The van der Waals surface area contributed by atoms with Gasteiger partial charge in [0.25, 0.3) is 0 Å². The van der Waals surface area contributed by atoms with E-state index in [4.69, 9.17) is 15.9 Å². The monoisotopic (exact) mass is 366 g/mol. The molecule has 3 rings (SSSR count). The Labute approximate surface area is 156 Å². The van der Waals surface area contributed by atoms with E-state index in [-0.39, 0.29) is 5.43 Å². The third-order valence-electron chi connectivity index (χ3n) is 4.95. The van der Waals surface area contributed by atoms with Crippen LogP contribution in [-0.2, 0) is 16.0 Å². The number of carbonyl (C=O) groups excluding carboxylic acids is 2. The molecule has 6 nitrogen and oxygen atoms in total. The van der Waals surface area contributed by atoms with Crippen molar-refractivity contribution in [1.82, 2.24) is 0 Å². The fraction of sp³-hybridized carbons (Fsp3) is 0.286. The Morgan fingerprint density at radius 2 is 1.70 bits per heavy atom. The summed E-state index contributed by atoms with van der Waals surface area (Å²) in [5.41, 5.74) is 12.7. The molecule has 0 aliphatic carbocycles. The highest BCUT2D eigenvalue weighted by atomic mass is 16.3. The first-order valence-corrected chi connectivity index (χ1v) is 8.90. The standard InChI is InChI=1S/C21H22N2O4/c1-12(20(22)25)10-14(21(23)26)8-6-13-7-9-18-16(11-13)19(24)15-4-2-3-5-17(15)27-18/h2-5,7,9,11-12,14H,6,8,10H2,1H3,(H2,22,25)(H2,23,26). The van der Waals surface area contributed by atoms with Crippen LogP contribution in [0.4, 0.5) is 0 Å². The van der Waals surface area contributed by atoms with Gasteiger partial charge in [0, 0.05) is 11.8 Å². The summed E-state index contributed by atoms with van der Waals surface area (Å²) >= 11 is 0. The Balaban J connectivity index is 1.85. The van der Waals surface area contributed by atoms with Gasteiger partial charge >= 0.3 is 0 Å². The number of para-hydroxylation sites is 1. The molecule has 0 bridgehead atoms. The smallest absolute Gasteiger partial charge is 0.220 e. The Kier molecular flexibility index (Phi) is 5.26.